The van der Waals surface area contributed by atoms with Crippen molar-refractivity contribution in [2.45, 2.75) is 6.54 Å². The second-order valence-corrected chi connectivity index (χ2v) is 8.73. The molecule has 5 nitrogen and oxygen atoms in total. The van der Waals surface area contributed by atoms with E-state index in [1.165, 1.54) is 4.90 Å². The van der Waals surface area contributed by atoms with Gasteiger partial charge in [0.2, 0.25) is 0 Å². The highest BCUT2D eigenvalue weighted by Crippen LogP contribution is 2.33. The van der Waals surface area contributed by atoms with Gasteiger partial charge in [-0.3, -0.25) is 14.5 Å². The fourth-order valence-corrected chi connectivity index (χ4v) is 4.59. The van der Waals surface area contributed by atoms with E-state index in [1.54, 1.807) is 36.4 Å². The van der Waals surface area contributed by atoms with Gasteiger partial charge in [-0.25, -0.2) is 4.79 Å². The summed E-state index contributed by atoms with van der Waals surface area (Å²) in [5.41, 5.74) is 2.12. The Labute approximate surface area is 200 Å². The van der Waals surface area contributed by atoms with E-state index in [2.05, 4.69) is 0 Å². The second kappa shape index (κ2) is 9.37. The maximum Gasteiger partial charge on any atom is 0.344 e. The molecule has 6 heteroatoms. The van der Waals surface area contributed by atoms with Crippen LogP contribution in [0.5, 0.6) is 5.75 Å². The van der Waals surface area contributed by atoms with Gasteiger partial charge in [-0.15, -0.1) is 0 Å². The van der Waals surface area contributed by atoms with Crippen LogP contribution in [0.2, 0.25) is 0 Å². The molecule has 1 fully saturated rings. The van der Waals surface area contributed by atoms with Gasteiger partial charge in [-0.05, 0) is 57.9 Å². The fraction of sp³-hybridized carbons (Fsp3) is 0.0357. The van der Waals surface area contributed by atoms with Crippen LogP contribution in [-0.4, -0.2) is 22.0 Å². The van der Waals surface area contributed by atoms with E-state index in [-0.39, 0.29) is 17.7 Å². The Morgan fingerprint density at radius 3 is 2.32 bits per heavy atom. The summed E-state index contributed by atoms with van der Waals surface area (Å²) >= 11 is 0.922. The molecular weight excluding hydrogens is 446 g/mol. The highest BCUT2D eigenvalue weighted by atomic mass is 32.2. The van der Waals surface area contributed by atoms with Crippen molar-refractivity contribution < 1.29 is 19.1 Å². The van der Waals surface area contributed by atoms with Crippen molar-refractivity contribution in [1.29, 1.82) is 0 Å². The van der Waals surface area contributed by atoms with Gasteiger partial charge in [-0.2, -0.15) is 0 Å². The Morgan fingerprint density at radius 2 is 1.53 bits per heavy atom. The average molecular weight is 466 g/mol. The molecule has 0 unspecified atom stereocenters. The van der Waals surface area contributed by atoms with Gasteiger partial charge in [0.1, 0.15) is 5.75 Å². The molecule has 0 bridgehead atoms. The molecule has 0 aliphatic carbocycles. The molecule has 166 valence electrons. The van der Waals surface area contributed by atoms with Gasteiger partial charge in [0, 0.05) is 0 Å². The van der Waals surface area contributed by atoms with E-state index < -0.39 is 5.97 Å². The number of fused-ring (bicyclic) bond motifs is 1. The van der Waals surface area contributed by atoms with E-state index in [1.807, 2.05) is 66.7 Å². The Morgan fingerprint density at radius 1 is 0.824 bits per heavy atom. The number of thioether (sulfide) groups is 1. The molecule has 1 heterocycles. The molecule has 0 aromatic heterocycles. The molecule has 34 heavy (non-hydrogen) atoms. The first kappa shape index (κ1) is 21.7. The van der Waals surface area contributed by atoms with Gasteiger partial charge in [0.15, 0.2) is 0 Å². The summed E-state index contributed by atoms with van der Waals surface area (Å²) in [6.07, 6.45) is 1.67. The molecule has 1 saturated heterocycles. The fourth-order valence-electron chi connectivity index (χ4n) is 3.75. The number of imide groups is 1. The van der Waals surface area contributed by atoms with E-state index >= 15 is 0 Å². The SMILES string of the molecule is O=C(Oc1ccc(/C=C2\SC(=O)N(Cc3ccccc3)C2=O)cc1)c1cccc2ccccc12. The van der Waals surface area contributed by atoms with Crippen LogP contribution >= 0.6 is 11.8 Å². The van der Waals surface area contributed by atoms with E-state index in [9.17, 15) is 14.4 Å². The molecule has 0 N–H and O–H groups in total. The lowest BCUT2D eigenvalue weighted by atomic mass is 10.0. The first-order valence-electron chi connectivity index (χ1n) is 10.7. The van der Waals surface area contributed by atoms with Gasteiger partial charge in [0.05, 0.1) is 17.0 Å². The Balaban J connectivity index is 1.29. The van der Waals surface area contributed by atoms with Crippen LogP contribution in [0, 0.1) is 0 Å². The van der Waals surface area contributed by atoms with Crippen molar-refractivity contribution >= 4 is 45.7 Å². The molecule has 0 spiro atoms. The van der Waals surface area contributed by atoms with Crippen molar-refractivity contribution in [2.75, 3.05) is 0 Å². The lowest BCUT2D eigenvalue weighted by Gasteiger charge is -2.12. The predicted molar refractivity (Wildman–Crippen MR) is 133 cm³/mol. The van der Waals surface area contributed by atoms with Crippen molar-refractivity contribution in [3.63, 3.8) is 0 Å². The van der Waals surface area contributed by atoms with Crippen LogP contribution in [0.4, 0.5) is 4.79 Å². The summed E-state index contributed by atoms with van der Waals surface area (Å²) < 4.78 is 5.56. The van der Waals surface area contributed by atoms with Crippen molar-refractivity contribution in [3.8, 4) is 5.75 Å². The van der Waals surface area contributed by atoms with E-state index in [0.29, 0.717) is 16.2 Å². The third-order valence-corrected chi connectivity index (χ3v) is 6.36. The molecule has 0 atom stereocenters. The van der Waals surface area contributed by atoms with E-state index in [0.717, 1.165) is 33.7 Å². The standard InChI is InChI=1S/C28H19NO4S/c30-26-25(34-28(32)29(26)18-20-7-2-1-3-8-20)17-19-13-15-22(16-14-19)33-27(31)24-12-6-10-21-9-4-5-11-23(21)24/h1-17H,18H2/b25-17-. The number of hydrogen-bond donors (Lipinski definition) is 0. The quantitative estimate of drug-likeness (QED) is 0.197. The van der Waals surface area contributed by atoms with Gasteiger partial charge >= 0.3 is 5.97 Å². The molecule has 4 aromatic rings. The number of carbonyl (C=O) groups excluding carboxylic acids is 3. The molecule has 4 aromatic carbocycles. The first-order chi connectivity index (χ1) is 16.6. The monoisotopic (exact) mass is 465 g/mol. The number of rotatable bonds is 5. The Hall–Kier alpha value is -4.16. The topological polar surface area (TPSA) is 63.7 Å². The number of hydrogen-bond acceptors (Lipinski definition) is 5. The lowest BCUT2D eigenvalue weighted by molar-refractivity contribution is -0.123. The minimum atomic E-state index is -0.438. The minimum absolute atomic E-state index is 0.242. The zero-order valence-electron chi connectivity index (χ0n) is 18.0. The summed E-state index contributed by atoms with van der Waals surface area (Å²) in [5, 5.41) is 1.51. The number of nitrogens with zero attached hydrogens (tertiary/aromatic N) is 1. The number of carbonyl (C=O) groups is 3. The van der Waals surface area contributed by atoms with Crippen LogP contribution in [0.25, 0.3) is 16.8 Å². The van der Waals surface area contributed by atoms with Crippen LogP contribution in [0.3, 0.4) is 0 Å². The summed E-state index contributed by atoms with van der Waals surface area (Å²) in [6.45, 7) is 0.242. The molecule has 1 aliphatic heterocycles. The number of esters is 1. The number of ether oxygens (including phenoxy) is 1. The Kier molecular flexibility index (Phi) is 5.97. The van der Waals surface area contributed by atoms with Crippen molar-refractivity contribution in [3.05, 3.63) is 119 Å². The van der Waals surface area contributed by atoms with Gasteiger partial charge < -0.3 is 4.74 Å². The maximum absolute atomic E-state index is 12.7. The van der Waals surface area contributed by atoms with Crippen LogP contribution in [0.1, 0.15) is 21.5 Å². The molecule has 5 rings (SSSR count). The summed E-state index contributed by atoms with van der Waals surface area (Å²) in [7, 11) is 0. The van der Waals surface area contributed by atoms with Crippen LogP contribution < -0.4 is 4.74 Å². The number of benzene rings is 4. The smallest absolute Gasteiger partial charge is 0.344 e. The summed E-state index contributed by atoms with van der Waals surface area (Å²) in [5.74, 6) is -0.357. The normalized spacial score (nSPS) is 14.7. The zero-order valence-corrected chi connectivity index (χ0v) is 18.8. The van der Waals surface area contributed by atoms with Crippen molar-refractivity contribution in [2.24, 2.45) is 0 Å². The third-order valence-electron chi connectivity index (χ3n) is 5.46. The highest BCUT2D eigenvalue weighted by Gasteiger charge is 2.34. The molecule has 0 saturated carbocycles. The average Bonchev–Trinajstić information content (AvgIpc) is 3.12. The summed E-state index contributed by atoms with van der Waals surface area (Å²) in [6, 6.07) is 29.4. The zero-order chi connectivity index (χ0) is 23.5. The first-order valence-corrected chi connectivity index (χ1v) is 11.5. The van der Waals surface area contributed by atoms with Crippen LogP contribution in [0.15, 0.2) is 102 Å². The van der Waals surface area contributed by atoms with Crippen LogP contribution in [-0.2, 0) is 11.3 Å². The molecule has 2 amide bonds. The highest BCUT2D eigenvalue weighted by molar-refractivity contribution is 8.18. The minimum Gasteiger partial charge on any atom is -0.423 e. The molecule has 1 aliphatic rings. The van der Waals surface area contributed by atoms with Gasteiger partial charge in [-0.1, -0.05) is 78.9 Å². The number of amides is 2. The largest absolute Gasteiger partial charge is 0.423 e. The predicted octanol–water partition coefficient (Wildman–Crippen LogP) is 6.30. The van der Waals surface area contributed by atoms with E-state index in [4.69, 9.17) is 4.74 Å². The summed E-state index contributed by atoms with van der Waals surface area (Å²) in [4.78, 5) is 39.4. The lowest BCUT2D eigenvalue weighted by Crippen LogP contribution is -2.27. The Bertz CT molecular complexity index is 1420. The third kappa shape index (κ3) is 4.49. The van der Waals surface area contributed by atoms with Gasteiger partial charge in [0.25, 0.3) is 11.1 Å². The molecule has 0 radical (unpaired) electrons. The maximum atomic E-state index is 12.7. The second-order valence-electron chi connectivity index (χ2n) is 7.74. The molecular formula is C28H19NO4S. The van der Waals surface area contributed by atoms with Crippen molar-refractivity contribution in [1.82, 2.24) is 4.90 Å².